The van der Waals surface area contributed by atoms with Crippen molar-refractivity contribution in [2.45, 2.75) is 49.8 Å². The summed E-state index contributed by atoms with van der Waals surface area (Å²) < 4.78 is 44.1. The minimum atomic E-state index is -4.11. The average Bonchev–Trinajstić information content (AvgIpc) is 3.12. The van der Waals surface area contributed by atoms with E-state index in [1.165, 1.54) is 0 Å². The van der Waals surface area contributed by atoms with Crippen LogP contribution in [0.25, 0.3) is 10.8 Å². The van der Waals surface area contributed by atoms with Gasteiger partial charge in [0.1, 0.15) is 5.60 Å². The van der Waals surface area contributed by atoms with Crippen molar-refractivity contribution in [1.29, 1.82) is 0 Å². The van der Waals surface area contributed by atoms with Gasteiger partial charge in [-0.15, -0.1) is 5.10 Å². The van der Waals surface area contributed by atoms with E-state index in [9.17, 15) is 18.3 Å². The number of anilines is 1. The highest BCUT2D eigenvalue weighted by Gasteiger charge is 2.42. The van der Waals surface area contributed by atoms with Crippen molar-refractivity contribution >= 4 is 16.6 Å². The van der Waals surface area contributed by atoms with E-state index in [2.05, 4.69) is 15.5 Å². The second-order valence-electron chi connectivity index (χ2n) is 7.95. The molecule has 2 heterocycles. The fraction of sp³-hybridized carbons (Fsp3) is 0.600. The molecule has 0 spiro atoms. The summed E-state index contributed by atoms with van der Waals surface area (Å²) in [5.74, 6) is -0.653. The second-order valence-corrected chi connectivity index (χ2v) is 7.95. The molecule has 0 amide bonds. The number of aliphatic hydroxyl groups is 1. The normalized spacial score (nSPS) is 28.6. The Kier molecular flexibility index (Phi) is 5.18. The fourth-order valence-electron chi connectivity index (χ4n) is 4.24. The second kappa shape index (κ2) is 7.48. The number of hydrogen-bond acceptors (Lipinski definition) is 5. The summed E-state index contributed by atoms with van der Waals surface area (Å²) >= 11 is 0. The number of aromatic nitrogens is 2. The van der Waals surface area contributed by atoms with Crippen molar-refractivity contribution in [2.75, 3.05) is 25.1 Å². The summed E-state index contributed by atoms with van der Waals surface area (Å²) in [5.41, 5.74) is -0.151. The lowest BCUT2D eigenvalue weighted by molar-refractivity contribution is -0.182. The summed E-state index contributed by atoms with van der Waals surface area (Å²) in [6.45, 7) is 1.12. The van der Waals surface area contributed by atoms with Gasteiger partial charge in [-0.2, -0.15) is 18.3 Å². The quantitative estimate of drug-likeness (QED) is 0.818. The number of halogens is 3. The van der Waals surface area contributed by atoms with Gasteiger partial charge in [-0.05, 0) is 25.7 Å². The number of rotatable bonds is 4. The monoisotopic (exact) mass is 395 g/mol. The van der Waals surface area contributed by atoms with Gasteiger partial charge in [-0.1, -0.05) is 24.3 Å². The Morgan fingerprint density at radius 2 is 1.82 bits per heavy atom. The molecule has 1 aliphatic carbocycles. The summed E-state index contributed by atoms with van der Waals surface area (Å²) in [6, 6.07) is 7.66. The third-order valence-corrected chi connectivity index (χ3v) is 5.96. The van der Waals surface area contributed by atoms with Gasteiger partial charge in [0.15, 0.2) is 5.82 Å². The van der Waals surface area contributed by atoms with Crippen molar-refractivity contribution in [3.8, 4) is 0 Å². The van der Waals surface area contributed by atoms with E-state index >= 15 is 0 Å². The molecule has 1 aromatic heterocycles. The van der Waals surface area contributed by atoms with Crippen LogP contribution in [0, 0.1) is 5.92 Å². The smallest absolute Gasteiger partial charge is 0.386 e. The van der Waals surface area contributed by atoms with Crippen LogP contribution < -0.4 is 5.32 Å². The van der Waals surface area contributed by atoms with Gasteiger partial charge in [-0.25, -0.2) is 0 Å². The number of nitrogens with zero attached hydrogens (tertiary/aromatic N) is 2. The standard InChI is InChI=1S/C20H24F3N3O2/c21-20(22,23)14-7-5-13(6-8-14)17-15-3-1-2-4-16(15)18(26-25-17)24-11-19(27)9-10-28-12-19/h1-4,13-14,27H,5-12H2,(H,24,26). The van der Waals surface area contributed by atoms with E-state index in [1.54, 1.807) is 0 Å². The minimum Gasteiger partial charge on any atom is -0.386 e. The molecule has 1 atom stereocenters. The molecule has 0 bridgehead atoms. The molecule has 2 fully saturated rings. The zero-order chi connectivity index (χ0) is 19.8. The highest BCUT2D eigenvalue weighted by molar-refractivity contribution is 5.93. The maximum atomic E-state index is 13.0. The number of benzene rings is 1. The van der Waals surface area contributed by atoms with Crippen LogP contribution in [0.4, 0.5) is 19.0 Å². The summed E-state index contributed by atoms with van der Waals surface area (Å²) in [7, 11) is 0. The predicted octanol–water partition coefficient (Wildman–Crippen LogP) is 4.03. The number of ether oxygens (including phenoxy) is 1. The Morgan fingerprint density at radius 1 is 1.11 bits per heavy atom. The lowest BCUT2D eigenvalue weighted by atomic mass is 9.79. The molecule has 5 nitrogen and oxygen atoms in total. The van der Waals surface area contributed by atoms with Gasteiger partial charge in [0, 0.05) is 36.3 Å². The molecule has 2 N–H and O–H groups in total. The third-order valence-electron chi connectivity index (χ3n) is 5.96. The van der Waals surface area contributed by atoms with Crippen molar-refractivity contribution in [2.24, 2.45) is 5.92 Å². The lowest BCUT2D eigenvalue weighted by Crippen LogP contribution is -2.37. The molecule has 1 saturated heterocycles. The Morgan fingerprint density at radius 3 is 2.46 bits per heavy atom. The average molecular weight is 395 g/mol. The first-order valence-electron chi connectivity index (χ1n) is 9.72. The lowest BCUT2D eigenvalue weighted by Gasteiger charge is -2.30. The minimum absolute atomic E-state index is 0.0162. The number of fused-ring (bicyclic) bond motifs is 1. The van der Waals surface area contributed by atoms with Crippen molar-refractivity contribution in [3.63, 3.8) is 0 Å². The van der Waals surface area contributed by atoms with Gasteiger partial charge >= 0.3 is 6.18 Å². The Balaban J connectivity index is 1.54. The van der Waals surface area contributed by atoms with Gasteiger partial charge in [0.2, 0.25) is 0 Å². The van der Waals surface area contributed by atoms with Gasteiger partial charge in [0.25, 0.3) is 0 Å². The molecule has 1 aromatic carbocycles. The predicted molar refractivity (Wildman–Crippen MR) is 99.2 cm³/mol. The van der Waals surface area contributed by atoms with E-state index in [-0.39, 0.29) is 25.4 Å². The van der Waals surface area contributed by atoms with Crippen LogP contribution in [-0.2, 0) is 4.74 Å². The van der Waals surface area contributed by atoms with E-state index in [1.807, 2.05) is 24.3 Å². The zero-order valence-corrected chi connectivity index (χ0v) is 15.5. The Hall–Kier alpha value is -1.93. The van der Waals surface area contributed by atoms with Gasteiger partial charge in [-0.3, -0.25) is 0 Å². The van der Waals surface area contributed by atoms with Crippen LogP contribution >= 0.6 is 0 Å². The zero-order valence-electron chi connectivity index (χ0n) is 15.5. The van der Waals surface area contributed by atoms with Crippen LogP contribution in [0.15, 0.2) is 24.3 Å². The van der Waals surface area contributed by atoms with Crippen LogP contribution in [0.3, 0.4) is 0 Å². The molecular formula is C20H24F3N3O2. The maximum Gasteiger partial charge on any atom is 0.391 e. The fourth-order valence-corrected chi connectivity index (χ4v) is 4.24. The topological polar surface area (TPSA) is 67.3 Å². The molecule has 1 unspecified atom stereocenters. The van der Waals surface area contributed by atoms with Gasteiger partial charge < -0.3 is 15.2 Å². The molecule has 1 saturated carbocycles. The number of alkyl halides is 3. The first-order chi connectivity index (χ1) is 13.4. The SMILES string of the molecule is OC1(CNc2nnc(C3CCC(C(F)(F)F)CC3)c3ccccc23)CCOC1. The first kappa shape index (κ1) is 19.4. The molecule has 152 valence electrons. The Bertz CT molecular complexity index is 829. The molecule has 2 aliphatic rings. The molecule has 0 radical (unpaired) electrons. The van der Waals surface area contributed by atoms with E-state index < -0.39 is 17.7 Å². The van der Waals surface area contributed by atoms with E-state index in [0.29, 0.717) is 38.2 Å². The summed E-state index contributed by atoms with van der Waals surface area (Å²) in [6.07, 6.45) is -2.35. The van der Waals surface area contributed by atoms with Crippen LogP contribution in [0.5, 0.6) is 0 Å². The van der Waals surface area contributed by atoms with E-state index in [4.69, 9.17) is 4.74 Å². The third kappa shape index (κ3) is 3.93. The highest BCUT2D eigenvalue weighted by atomic mass is 19.4. The van der Waals surface area contributed by atoms with Crippen LogP contribution in [0.2, 0.25) is 0 Å². The highest BCUT2D eigenvalue weighted by Crippen LogP contribution is 2.43. The van der Waals surface area contributed by atoms with Crippen LogP contribution in [-0.4, -0.2) is 46.8 Å². The van der Waals surface area contributed by atoms with E-state index in [0.717, 1.165) is 16.5 Å². The van der Waals surface area contributed by atoms with Crippen molar-refractivity contribution in [3.05, 3.63) is 30.0 Å². The summed E-state index contributed by atoms with van der Waals surface area (Å²) in [4.78, 5) is 0. The molecule has 28 heavy (non-hydrogen) atoms. The molecule has 1 aliphatic heterocycles. The largest absolute Gasteiger partial charge is 0.391 e. The molecule has 4 rings (SSSR count). The van der Waals surface area contributed by atoms with Crippen molar-refractivity contribution in [1.82, 2.24) is 10.2 Å². The molecule has 8 heteroatoms. The van der Waals surface area contributed by atoms with Crippen LogP contribution in [0.1, 0.15) is 43.7 Å². The number of nitrogens with one attached hydrogen (secondary N) is 1. The summed E-state index contributed by atoms with van der Waals surface area (Å²) in [5, 5.41) is 24.1. The van der Waals surface area contributed by atoms with Crippen molar-refractivity contribution < 1.29 is 23.0 Å². The molecule has 2 aromatic rings. The maximum absolute atomic E-state index is 13.0. The Labute approximate surface area is 161 Å². The molecular weight excluding hydrogens is 371 g/mol. The first-order valence-corrected chi connectivity index (χ1v) is 9.72. The van der Waals surface area contributed by atoms with Gasteiger partial charge in [0.05, 0.1) is 18.2 Å². The number of hydrogen-bond donors (Lipinski definition) is 2.